The topological polar surface area (TPSA) is 89.3 Å². The van der Waals surface area contributed by atoms with E-state index in [4.69, 9.17) is 8.42 Å². The Hall–Kier alpha value is -3.06. The molecule has 0 amide bonds. The molecule has 0 saturated heterocycles. The molecule has 0 spiro atoms. The summed E-state index contributed by atoms with van der Waals surface area (Å²) >= 11 is -0.750. The highest BCUT2D eigenvalue weighted by Crippen LogP contribution is 2.24. The summed E-state index contributed by atoms with van der Waals surface area (Å²) in [5.41, 5.74) is 4.88. The third-order valence-corrected chi connectivity index (χ3v) is 3.55. The van der Waals surface area contributed by atoms with Gasteiger partial charge in [-0.2, -0.15) is 13.5 Å². The van der Waals surface area contributed by atoms with Crippen LogP contribution in [0, 0.1) is 13.8 Å². The van der Waals surface area contributed by atoms with Crippen LogP contribution in [0.1, 0.15) is 21.6 Å². The molecule has 0 unspecified atom stereocenters. The molecule has 6 nitrogen and oxygen atoms in total. The first kappa shape index (κ1) is 18.3. The molecular formula is C18H16N2O4S. The van der Waals surface area contributed by atoms with Gasteiger partial charge < -0.3 is 5.11 Å². The van der Waals surface area contributed by atoms with Gasteiger partial charge in [-0.15, -0.1) is 0 Å². The van der Waals surface area contributed by atoms with E-state index in [0.29, 0.717) is 0 Å². The van der Waals surface area contributed by atoms with Gasteiger partial charge in [0, 0.05) is 5.56 Å². The van der Waals surface area contributed by atoms with E-state index in [1.165, 1.54) is 0 Å². The van der Waals surface area contributed by atoms with E-state index in [0.717, 1.165) is 28.1 Å². The van der Waals surface area contributed by atoms with Crippen molar-refractivity contribution in [3.05, 3.63) is 71.4 Å². The van der Waals surface area contributed by atoms with Crippen LogP contribution in [0.3, 0.4) is 0 Å². The van der Waals surface area contributed by atoms with Gasteiger partial charge in [-0.25, -0.2) is 9.48 Å². The van der Waals surface area contributed by atoms with Gasteiger partial charge in [0.2, 0.25) is 0 Å². The minimum Gasteiger partial charge on any atom is -0.476 e. The minimum absolute atomic E-state index is 0.0381. The van der Waals surface area contributed by atoms with E-state index in [-0.39, 0.29) is 5.69 Å². The van der Waals surface area contributed by atoms with Crippen LogP contribution in [0.25, 0.3) is 16.9 Å². The molecule has 3 rings (SSSR count). The van der Waals surface area contributed by atoms with Crippen LogP contribution in [0.2, 0.25) is 0 Å². The maximum Gasteiger partial charge on any atom is 0.356 e. The fourth-order valence-corrected chi connectivity index (χ4v) is 2.30. The lowest BCUT2D eigenvalue weighted by Gasteiger charge is -2.08. The molecule has 3 aromatic rings. The Labute approximate surface area is 148 Å². The van der Waals surface area contributed by atoms with Crippen molar-refractivity contribution >= 4 is 17.5 Å². The van der Waals surface area contributed by atoms with Crippen molar-refractivity contribution in [3.8, 4) is 16.9 Å². The normalized spacial score (nSPS) is 9.84. The number of aryl methyl sites for hydroxylation is 2. The molecule has 0 saturated carbocycles. The second-order valence-corrected chi connectivity index (χ2v) is 5.54. The quantitative estimate of drug-likeness (QED) is 0.778. The third kappa shape index (κ3) is 4.48. The molecule has 1 N–H and O–H groups in total. The predicted octanol–water partition coefficient (Wildman–Crippen LogP) is 3.18. The molecule has 7 heteroatoms. The van der Waals surface area contributed by atoms with Crippen molar-refractivity contribution in [3.63, 3.8) is 0 Å². The van der Waals surface area contributed by atoms with Crippen molar-refractivity contribution in [2.75, 3.05) is 0 Å². The smallest absolute Gasteiger partial charge is 0.356 e. The van der Waals surface area contributed by atoms with Crippen molar-refractivity contribution in [2.45, 2.75) is 13.8 Å². The van der Waals surface area contributed by atoms with E-state index in [1.807, 2.05) is 62.4 Å². The first-order chi connectivity index (χ1) is 12.0. The molecule has 0 aliphatic carbocycles. The van der Waals surface area contributed by atoms with Crippen molar-refractivity contribution in [1.29, 1.82) is 0 Å². The summed E-state index contributed by atoms with van der Waals surface area (Å²) in [6, 6.07) is 17.4. The zero-order chi connectivity index (χ0) is 18.4. The Bertz CT molecular complexity index is 846. The van der Waals surface area contributed by atoms with Gasteiger partial charge in [-0.05, 0) is 32.0 Å². The monoisotopic (exact) mass is 356 g/mol. The van der Waals surface area contributed by atoms with E-state index < -0.39 is 17.5 Å². The minimum atomic E-state index is -1.03. The summed E-state index contributed by atoms with van der Waals surface area (Å²) < 4.78 is 18.3. The summed E-state index contributed by atoms with van der Waals surface area (Å²) in [4.78, 5) is 11.3. The van der Waals surface area contributed by atoms with Gasteiger partial charge in [-0.3, -0.25) is 0 Å². The number of aromatic nitrogens is 2. The fourth-order valence-electron chi connectivity index (χ4n) is 2.30. The molecule has 0 fully saturated rings. The molecule has 0 bridgehead atoms. The van der Waals surface area contributed by atoms with Crippen LogP contribution in [0.4, 0.5) is 0 Å². The maximum atomic E-state index is 11.3. The molecule has 25 heavy (non-hydrogen) atoms. The van der Waals surface area contributed by atoms with Crippen molar-refractivity contribution in [2.24, 2.45) is 0 Å². The molecular weight excluding hydrogens is 340 g/mol. The average Bonchev–Trinajstić information content (AvgIpc) is 3.02. The molecule has 2 aromatic carbocycles. The number of hydrogen-bond acceptors (Lipinski definition) is 4. The van der Waals surface area contributed by atoms with Gasteiger partial charge in [0.1, 0.15) is 0 Å². The van der Waals surface area contributed by atoms with Crippen LogP contribution in [0.15, 0.2) is 54.6 Å². The summed E-state index contributed by atoms with van der Waals surface area (Å²) in [6.07, 6.45) is 0. The first-order valence-electron chi connectivity index (χ1n) is 7.35. The highest BCUT2D eigenvalue weighted by molar-refractivity contribution is 7.51. The molecule has 128 valence electrons. The van der Waals surface area contributed by atoms with Crippen molar-refractivity contribution < 1.29 is 18.3 Å². The number of carboxylic acid groups (broad SMARTS) is 1. The molecule has 1 heterocycles. The third-order valence-electron chi connectivity index (χ3n) is 3.55. The van der Waals surface area contributed by atoms with E-state index in [9.17, 15) is 9.90 Å². The Kier molecular flexibility index (Phi) is 5.97. The van der Waals surface area contributed by atoms with Gasteiger partial charge in [0.05, 0.1) is 11.4 Å². The van der Waals surface area contributed by atoms with Gasteiger partial charge in [0.15, 0.2) is 5.69 Å². The Morgan fingerprint density at radius 2 is 1.44 bits per heavy atom. The first-order valence-corrected chi connectivity index (χ1v) is 8.02. The zero-order valence-electron chi connectivity index (χ0n) is 13.7. The SMILES string of the molecule is Cc1ccc(-c2cc(C(=O)O)nn2-c2ccc(C)cc2)cc1.O=S=O. The number of aromatic carboxylic acids is 1. The van der Waals surface area contributed by atoms with Crippen LogP contribution in [-0.2, 0) is 11.6 Å². The maximum absolute atomic E-state index is 11.3. The number of benzene rings is 2. The van der Waals surface area contributed by atoms with Gasteiger partial charge in [-0.1, -0.05) is 47.5 Å². The number of rotatable bonds is 3. The van der Waals surface area contributed by atoms with Crippen LogP contribution < -0.4 is 0 Å². The number of carboxylic acids is 1. The zero-order valence-corrected chi connectivity index (χ0v) is 14.5. The highest BCUT2D eigenvalue weighted by atomic mass is 32.1. The number of carbonyl (C=O) groups is 1. The van der Waals surface area contributed by atoms with Gasteiger partial charge >= 0.3 is 17.5 Å². The van der Waals surface area contributed by atoms with Crippen LogP contribution in [0.5, 0.6) is 0 Å². The molecule has 0 aliphatic heterocycles. The molecule has 1 aromatic heterocycles. The standard InChI is InChI=1S/C18H16N2O2.O2S/c1-12-3-7-14(8-4-12)17-11-16(18(21)22)19-20(17)15-9-5-13(2)6-10-15;1-3-2/h3-11H,1-2H3,(H,21,22);. The Balaban J connectivity index is 0.000000701. The molecule has 0 aliphatic rings. The van der Waals surface area contributed by atoms with Crippen molar-refractivity contribution in [1.82, 2.24) is 9.78 Å². The lowest BCUT2D eigenvalue weighted by atomic mass is 10.1. The average molecular weight is 356 g/mol. The fraction of sp³-hybridized carbons (Fsp3) is 0.111. The molecule has 0 radical (unpaired) electrons. The summed E-state index contributed by atoms with van der Waals surface area (Å²) in [6.45, 7) is 4.03. The Morgan fingerprint density at radius 1 is 0.960 bits per heavy atom. The largest absolute Gasteiger partial charge is 0.476 e. The van der Waals surface area contributed by atoms with Gasteiger partial charge in [0.25, 0.3) is 0 Å². The highest BCUT2D eigenvalue weighted by Gasteiger charge is 2.15. The van der Waals surface area contributed by atoms with Crippen LogP contribution in [-0.4, -0.2) is 29.3 Å². The molecule has 0 atom stereocenters. The van der Waals surface area contributed by atoms with E-state index >= 15 is 0 Å². The summed E-state index contributed by atoms with van der Waals surface area (Å²) in [7, 11) is 0. The summed E-state index contributed by atoms with van der Waals surface area (Å²) in [5.74, 6) is -1.03. The second-order valence-electron chi connectivity index (χ2n) is 5.40. The number of hydrogen-bond donors (Lipinski definition) is 1. The van der Waals surface area contributed by atoms with Crippen LogP contribution >= 0.6 is 0 Å². The predicted molar refractivity (Wildman–Crippen MR) is 94.4 cm³/mol. The number of nitrogens with zero attached hydrogens (tertiary/aromatic N) is 2. The second kappa shape index (κ2) is 8.16. The van der Waals surface area contributed by atoms with E-state index in [2.05, 4.69) is 5.10 Å². The summed E-state index contributed by atoms with van der Waals surface area (Å²) in [5, 5.41) is 13.5. The lowest BCUT2D eigenvalue weighted by Crippen LogP contribution is -2.02. The lowest BCUT2D eigenvalue weighted by molar-refractivity contribution is 0.0690. The Morgan fingerprint density at radius 3 is 1.92 bits per heavy atom. The van der Waals surface area contributed by atoms with E-state index in [1.54, 1.807) is 10.7 Å².